The Morgan fingerprint density at radius 1 is 0.935 bits per heavy atom. The van der Waals surface area contributed by atoms with Crippen molar-refractivity contribution in [3.63, 3.8) is 0 Å². The molecular formula is C25H21N3O3. The molecule has 1 unspecified atom stereocenters. The molecule has 6 nitrogen and oxygen atoms in total. The van der Waals surface area contributed by atoms with Crippen LogP contribution in [0.1, 0.15) is 39.5 Å². The molecule has 0 aliphatic carbocycles. The van der Waals surface area contributed by atoms with E-state index >= 15 is 0 Å². The van der Waals surface area contributed by atoms with Crippen LogP contribution in [0.25, 0.3) is 10.8 Å². The van der Waals surface area contributed by atoms with Crippen molar-refractivity contribution in [2.75, 3.05) is 0 Å². The summed E-state index contributed by atoms with van der Waals surface area (Å²) in [7, 11) is 0. The highest BCUT2D eigenvalue weighted by atomic mass is 16.4. The summed E-state index contributed by atoms with van der Waals surface area (Å²) in [6.45, 7) is 0.923. The van der Waals surface area contributed by atoms with Gasteiger partial charge in [0, 0.05) is 24.5 Å². The van der Waals surface area contributed by atoms with Crippen LogP contribution >= 0.6 is 0 Å². The Kier molecular flexibility index (Phi) is 4.75. The second-order valence-electron chi connectivity index (χ2n) is 7.85. The van der Waals surface area contributed by atoms with E-state index in [9.17, 15) is 14.7 Å². The highest BCUT2D eigenvalue weighted by Gasteiger charge is 2.38. The van der Waals surface area contributed by atoms with Crippen molar-refractivity contribution in [1.29, 1.82) is 0 Å². The van der Waals surface area contributed by atoms with Gasteiger partial charge in [0.2, 0.25) is 0 Å². The lowest BCUT2D eigenvalue weighted by Gasteiger charge is -2.24. The van der Waals surface area contributed by atoms with Crippen molar-refractivity contribution in [2.45, 2.75) is 25.6 Å². The van der Waals surface area contributed by atoms with Crippen LogP contribution in [-0.2, 0) is 17.9 Å². The monoisotopic (exact) mass is 411 g/mol. The van der Waals surface area contributed by atoms with Gasteiger partial charge in [-0.25, -0.2) is 0 Å². The lowest BCUT2D eigenvalue weighted by molar-refractivity contribution is -0.138. The largest absolute Gasteiger partial charge is 0.481 e. The van der Waals surface area contributed by atoms with Crippen LogP contribution < -0.4 is 0 Å². The highest BCUT2D eigenvalue weighted by Crippen LogP contribution is 2.38. The minimum absolute atomic E-state index is 0.120. The molecule has 0 bridgehead atoms. The molecule has 3 aromatic carbocycles. The van der Waals surface area contributed by atoms with Gasteiger partial charge in [-0.1, -0.05) is 48.5 Å². The number of aromatic nitrogens is 2. The van der Waals surface area contributed by atoms with Crippen molar-refractivity contribution in [2.24, 2.45) is 0 Å². The summed E-state index contributed by atoms with van der Waals surface area (Å²) in [6.07, 6.45) is 3.46. The van der Waals surface area contributed by atoms with Gasteiger partial charge in [0.05, 0.1) is 19.0 Å². The molecule has 1 atom stereocenters. The van der Waals surface area contributed by atoms with Crippen molar-refractivity contribution < 1.29 is 14.7 Å². The van der Waals surface area contributed by atoms with Crippen LogP contribution in [0.15, 0.2) is 79.1 Å². The van der Waals surface area contributed by atoms with Gasteiger partial charge in [0.15, 0.2) is 0 Å². The molecular weight excluding hydrogens is 390 g/mol. The average molecular weight is 411 g/mol. The smallest absolute Gasteiger partial charge is 0.305 e. The lowest BCUT2D eigenvalue weighted by Crippen LogP contribution is -2.29. The summed E-state index contributed by atoms with van der Waals surface area (Å²) < 4.78 is 1.79. The van der Waals surface area contributed by atoms with E-state index in [2.05, 4.69) is 11.2 Å². The Balaban J connectivity index is 1.47. The second-order valence-corrected chi connectivity index (χ2v) is 7.85. The number of carboxylic acids is 1. The third kappa shape index (κ3) is 3.68. The van der Waals surface area contributed by atoms with Gasteiger partial charge in [0.25, 0.3) is 5.91 Å². The van der Waals surface area contributed by atoms with E-state index in [0.717, 1.165) is 27.5 Å². The van der Waals surface area contributed by atoms with Gasteiger partial charge in [-0.3, -0.25) is 14.3 Å². The summed E-state index contributed by atoms with van der Waals surface area (Å²) in [5.74, 6) is -1.05. The maximum absolute atomic E-state index is 13.3. The number of carbonyl (C=O) groups excluding carboxylic acids is 1. The van der Waals surface area contributed by atoms with Crippen LogP contribution in [0.3, 0.4) is 0 Å². The fourth-order valence-electron chi connectivity index (χ4n) is 4.32. The Bertz CT molecular complexity index is 1280. The van der Waals surface area contributed by atoms with Crippen LogP contribution in [-0.4, -0.2) is 31.7 Å². The number of carboxylic acid groups (broad SMARTS) is 1. The average Bonchev–Trinajstić information content (AvgIpc) is 3.36. The third-order valence-corrected chi connectivity index (χ3v) is 5.78. The summed E-state index contributed by atoms with van der Waals surface area (Å²) in [6, 6.07) is 21.2. The van der Waals surface area contributed by atoms with E-state index in [-0.39, 0.29) is 12.3 Å². The first-order valence-corrected chi connectivity index (χ1v) is 10.2. The van der Waals surface area contributed by atoms with Gasteiger partial charge in [-0.2, -0.15) is 5.10 Å². The molecule has 5 rings (SSSR count). The normalized spacial score (nSPS) is 15.4. The first-order valence-electron chi connectivity index (χ1n) is 10.2. The first-order chi connectivity index (χ1) is 15.1. The minimum atomic E-state index is -0.922. The molecule has 0 radical (unpaired) electrons. The molecule has 0 spiro atoms. The number of carbonyl (C=O) groups is 2. The van der Waals surface area contributed by atoms with Gasteiger partial charge >= 0.3 is 5.97 Å². The van der Waals surface area contributed by atoms with Gasteiger partial charge in [-0.15, -0.1) is 0 Å². The number of rotatable bonds is 6. The topological polar surface area (TPSA) is 75.4 Å². The second kappa shape index (κ2) is 7.72. The predicted molar refractivity (Wildman–Crippen MR) is 117 cm³/mol. The molecule has 1 aromatic heterocycles. The summed E-state index contributed by atoms with van der Waals surface area (Å²) in [4.78, 5) is 26.6. The van der Waals surface area contributed by atoms with E-state index in [4.69, 9.17) is 0 Å². The highest BCUT2D eigenvalue weighted by molar-refractivity contribution is 6.00. The Labute approximate surface area is 179 Å². The SMILES string of the molecule is O=C(O)CC1c2ccc(Cn3cccn3)cc2C(=O)N1Cc1ccc2ccccc2c1. The molecule has 1 aliphatic rings. The van der Waals surface area contributed by atoms with Crippen molar-refractivity contribution in [1.82, 2.24) is 14.7 Å². The number of hydrogen-bond acceptors (Lipinski definition) is 3. The minimum Gasteiger partial charge on any atom is -0.481 e. The summed E-state index contributed by atoms with van der Waals surface area (Å²) >= 11 is 0. The van der Waals surface area contributed by atoms with E-state index in [1.807, 2.05) is 66.9 Å². The van der Waals surface area contributed by atoms with Crippen LogP contribution in [0.2, 0.25) is 0 Å². The van der Waals surface area contributed by atoms with Crippen molar-refractivity contribution >= 4 is 22.6 Å². The fraction of sp³-hybridized carbons (Fsp3) is 0.160. The fourth-order valence-corrected chi connectivity index (χ4v) is 4.32. The zero-order valence-electron chi connectivity index (χ0n) is 16.8. The zero-order valence-corrected chi connectivity index (χ0v) is 16.8. The first kappa shape index (κ1) is 19.1. The lowest BCUT2D eigenvalue weighted by atomic mass is 9.99. The number of nitrogens with zero attached hydrogens (tertiary/aromatic N) is 3. The summed E-state index contributed by atoms with van der Waals surface area (Å²) in [5, 5.41) is 15.9. The quantitative estimate of drug-likeness (QED) is 0.515. The third-order valence-electron chi connectivity index (χ3n) is 5.78. The zero-order chi connectivity index (χ0) is 21.4. The molecule has 1 N–H and O–H groups in total. The Morgan fingerprint density at radius 3 is 2.48 bits per heavy atom. The number of aliphatic carboxylic acids is 1. The predicted octanol–water partition coefficient (Wildman–Crippen LogP) is 4.26. The van der Waals surface area contributed by atoms with Crippen molar-refractivity contribution in [3.05, 3.63) is 101 Å². The molecule has 2 heterocycles. The van der Waals surface area contributed by atoms with Gasteiger partial charge < -0.3 is 10.0 Å². The molecule has 154 valence electrons. The Hall–Kier alpha value is -3.93. The Morgan fingerprint density at radius 2 is 1.71 bits per heavy atom. The molecule has 0 saturated carbocycles. The maximum atomic E-state index is 13.3. The molecule has 1 aliphatic heterocycles. The number of amides is 1. The molecule has 0 saturated heterocycles. The molecule has 4 aromatic rings. The van der Waals surface area contributed by atoms with E-state index in [0.29, 0.717) is 18.7 Å². The number of fused-ring (bicyclic) bond motifs is 2. The molecule has 6 heteroatoms. The van der Waals surface area contributed by atoms with Gasteiger partial charge in [0.1, 0.15) is 0 Å². The van der Waals surface area contributed by atoms with E-state index in [1.54, 1.807) is 15.8 Å². The summed E-state index contributed by atoms with van der Waals surface area (Å²) in [5.41, 5.74) is 3.29. The standard InChI is InChI=1S/C25H21N3O3/c29-24(30)14-23-21-9-7-18(15-27-11-3-10-26-27)13-22(21)25(31)28(23)16-17-6-8-19-4-1-2-5-20(19)12-17/h1-13,23H,14-16H2,(H,29,30). The van der Waals surface area contributed by atoms with Gasteiger partial charge in [-0.05, 0) is 45.7 Å². The van der Waals surface area contributed by atoms with Crippen LogP contribution in [0, 0.1) is 0 Å². The van der Waals surface area contributed by atoms with E-state index in [1.165, 1.54) is 0 Å². The van der Waals surface area contributed by atoms with Crippen LogP contribution in [0.5, 0.6) is 0 Å². The van der Waals surface area contributed by atoms with E-state index < -0.39 is 12.0 Å². The van der Waals surface area contributed by atoms with Crippen molar-refractivity contribution in [3.8, 4) is 0 Å². The number of hydrogen-bond donors (Lipinski definition) is 1. The molecule has 1 amide bonds. The number of benzene rings is 3. The molecule has 31 heavy (non-hydrogen) atoms. The maximum Gasteiger partial charge on any atom is 0.305 e. The molecule has 0 fully saturated rings. The van der Waals surface area contributed by atoms with Crippen LogP contribution in [0.4, 0.5) is 0 Å².